The molecule has 2 aromatic rings. The van der Waals surface area contributed by atoms with Crippen molar-refractivity contribution in [2.75, 3.05) is 0 Å². The summed E-state index contributed by atoms with van der Waals surface area (Å²) < 4.78 is 0.916. The molecule has 0 saturated carbocycles. The highest BCUT2D eigenvalue weighted by Crippen LogP contribution is 2.39. The van der Waals surface area contributed by atoms with Gasteiger partial charge in [0.1, 0.15) is 0 Å². The molecule has 1 aliphatic heterocycles. The summed E-state index contributed by atoms with van der Waals surface area (Å²) in [7, 11) is -0.265. The molecular formula is C12H6BrO2P. The summed E-state index contributed by atoms with van der Waals surface area (Å²) in [6.07, 6.45) is 0. The number of rotatable bonds is 0. The second-order valence-corrected chi connectivity index (χ2v) is 5.62. The predicted octanol–water partition coefficient (Wildman–Crippen LogP) is 3.57. The summed E-state index contributed by atoms with van der Waals surface area (Å²) in [5, 5.41) is 1.73. The van der Waals surface area contributed by atoms with Gasteiger partial charge in [0.25, 0.3) is 0 Å². The molecule has 1 heterocycles. The Hall–Kier alpha value is -1.05. The Morgan fingerprint density at radius 2 is 1.62 bits per heavy atom. The molecule has 2 nitrogen and oxygen atoms in total. The third kappa shape index (κ3) is 1.28. The van der Waals surface area contributed by atoms with Gasteiger partial charge >= 0.3 is 0 Å². The molecule has 1 aliphatic rings. The molecule has 0 N–H and O–H groups in total. The van der Waals surface area contributed by atoms with Gasteiger partial charge in [0, 0.05) is 29.6 Å². The van der Waals surface area contributed by atoms with E-state index < -0.39 is 0 Å². The highest BCUT2D eigenvalue weighted by Gasteiger charge is 2.25. The average Bonchev–Trinajstić information content (AvgIpc) is 2.27. The molecule has 1 atom stereocenters. The van der Waals surface area contributed by atoms with E-state index in [9.17, 15) is 9.59 Å². The van der Waals surface area contributed by atoms with Crippen LogP contribution in [0.4, 0.5) is 0 Å². The van der Waals surface area contributed by atoms with Crippen LogP contribution in [0.3, 0.4) is 0 Å². The van der Waals surface area contributed by atoms with Crippen molar-refractivity contribution < 1.29 is 9.59 Å². The number of halogens is 1. The first-order valence-electron chi connectivity index (χ1n) is 4.75. The van der Waals surface area contributed by atoms with E-state index in [-0.39, 0.29) is 19.6 Å². The smallest absolute Gasteiger partial charge is 0.189 e. The van der Waals surface area contributed by atoms with Crippen LogP contribution < -0.4 is 0 Å². The quantitative estimate of drug-likeness (QED) is 0.696. The molecule has 0 radical (unpaired) electrons. The second-order valence-electron chi connectivity index (χ2n) is 3.61. The van der Waals surface area contributed by atoms with Crippen LogP contribution in [-0.4, -0.2) is 11.0 Å². The minimum atomic E-state index is -0.265. The van der Waals surface area contributed by atoms with Crippen molar-refractivity contribution in [2.45, 2.75) is 0 Å². The molecule has 3 rings (SSSR count). The predicted molar refractivity (Wildman–Crippen MR) is 68.6 cm³/mol. The van der Waals surface area contributed by atoms with E-state index in [1.165, 1.54) is 0 Å². The van der Waals surface area contributed by atoms with Gasteiger partial charge < -0.3 is 0 Å². The molecule has 4 heteroatoms. The van der Waals surface area contributed by atoms with Crippen LogP contribution in [-0.2, 0) is 0 Å². The zero-order chi connectivity index (χ0) is 11.3. The number of benzene rings is 2. The Bertz CT molecular complexity index is 629. The van der Waals surface area contributed by atoms with Crippen LogP contribution in [0.15, 0.2) is 34.8 Å². The summed E-state index contributed by atoms with van der Waals surface area (Å²) in [4.78, 5) is 23.5. The Kier molecular flexibility index (Phi) is 2.20. The maximum Gasteiger partial charge on any atom is 0.189 e. The zero-order valence-corrected chi connectivity index (χ0v) is 10.7. The summed E-state index contributed by atoms with van der Waals surface area (Å²) in [6.45, 7) is 0. The Labute approximate surface area is 102 Å². The van der Waals surface area contributed by atoms with Crippen molar-refractivity contribution in [2.24, 2.45) is 0 Å². The first kappa shape index (κ1) is 10.1. The summed E-state index contributed by atoms with van der Waals surface area (Å²) in [5.74, 6) is 0. The molecule has 0 spiro atoms. The standard InChI is InChI=1S/C12H6BrO2P/c13-9-5-4-8-10-6(9)2-1-3-7(10)11(14)16-12(8)15/h1-5,16H. The second kappa shape index (κ2) is 3.47. The third-order valence-electron chi connectivity index (χ3n) is 2.70. The van der Waals surface area contributed by atoms with Crippen molar-refractivity contribution in [1.29, 1.82) is 0 Å². The van der Waals surface area contributed by atoms with Gasteiger partial charge in [-0.25, -0.2) is 0 Å². The molecule has 0 saturated heterocycles. The van der Waals surface area contributed by atoms with E-state index in [1.54, 1.807) is 12.1 Å². The molecular weight excluding hydrogens is 287 g/mol. The van der Waals surface area contributed by atoms with Gasteiger partial charge in [0.2, 0.25) is 0 Å². The van der Waals surface area contributed by atoms with E-state index in [0.717, 1.165) is 15.2 Å². The van der Waals surface area contributed by atoms with Crippen molar-refractivity contribution >= 4 is 46.3 Å². The first-order chi connectivity index (χ1) is 7.68. The van der Waals surface area contributed by atoms with Crippen molar-refractivity contribution in [3.05, 3.63) is 45.9 Å². The highest BCUT2D eigenvalue weighted by molar-refractivity contribution is 9.10. The molecule has 1 unspecified atom stereocenters. The van der Waals surface area contributed by atoms with Crippen LogP contribution in [0.25, 0.3) is 10.8 Å². The zero-order valence-electron chi connectivity index (χ0n) is 8.08. The van der Waals surface area contributed by atoms with Crippen molar-refractivity contribution in [1.82, 2.24) is 0 Å². The van der Waals surface area contributed by atoms with E-state index in [4.69, 9.17) is 0 Å². The lowest BCUT2D eigenvalue weighted by molar-refractivity contribution is 0.105. The molecule has 16 heavy (non-hydrogen) atoms. The topological polar surface area (TPSA) is 34.1 Å². The fraction of sp³-hybridized carbons (Fsp3) is 0. The maximum atomic E-state index is 11.8. The Morgan fingerprint density at radius 3 is 2.38 bits per heavy atom. The largest absolute Gasteiger partial charge is 0.289 e. The molecule has 0 aliphatic carbocycles. The number of hydrogen-bond acceptors (Lipinski definition) is 2. The van der Waals surface area contributed by atoms with Gasteiger partial charge in [-0.3, -0.25) is 9.59 Å². The van der Waals surface area contributed by atoms with Crippen molar-refractivity contribution in [3.8, 4) is 0 Å². The minimum absolute atomic E-state index is 0.0544. The van der Waals surface area contributed by atoms with Crippen LogP contribution in [0.1, 0.15) is 20.7 Å². The van der Waals surface area contributed by atoms with Gasteiger partial charge in [0.05, 0.1) is 0 Å². The summed E-state index contributed by atoms with van der Waals surface area (Å²) in [6, 6.07) is 9.21. The molecule has 78 valence electrons. The van der Waals surface area contributed by atoms with Crippen LogP contribution in [0.2, 0.25) is 0 Å². The van der Waals surface area contributed by atoms with Crippen molar-refractivity contribution in [3.63, 3.8) is 0 Å². The lowest BCUT2D eigenvalue weighted by Gasteiger charge is -2.15. The molecule has 2 aromatic carbocycles. The first-order valence-corrected chi connectivity index (χ1v) is 6.54. The van der Waals surface area contributed by atoms with Gasteiger partial charge in [-0.2, -0.15) is 0 Å². The van der Waals surface area contributed by atoms with E-state index in [2.05, 4.69) is 15.9 Å². The number of carbonyl (C=O) groups is 2. The Balaban J connectivity index is 2.57. The van der Waals surface area contributed by atoms with Crippen LogP contribution in [0.5, 0.6) is 0 Å². The van der Waals surface area contributed by atoms with Gasteiger partial charge in [-0.15, -0.1) is 0 Å². The third-order valence-corrected chi connectivity index (χ3v) is 4.39. The molecule has 0 amide bonds. The normalized spacial score (nSPS) is 16.1. The maximum absolute atomic E-state index is 11.8. The van der Waals surface area contributed by atoms with Crippen LogP contribution in [0, 0.1) is 0 Å². The van der Waals surface area contributed by atoms with E-state index >= 15 is 0 Å². The number of hydrogen-bond donors (Lipinski definition) is 0. The summed E-state index contributed by atoms with van der Waals surface area (Å²) in [5.41, 5.74) is 1.24. The molecule has 0 aromatic heterocycles. The average molecular weight is 293 g/mol. The Morgan fingerprint density at radius 1 is 0.938 bits per heavy atom. The fourth-order valence-electron chi connectivity index (χ4n) is 1.99. The molecule has 0 bridgehead atoms. The molecule has 0 fully saturated rings. The van der Waals surface area contributed by atoms with Gasteiger partial charge in [-0.05, 0) is 17.5 Å². The monoisotopic (exact) mass is 292 g/mol. The highest BCUT2D eigenvalue weighted by atomic mass is 79.9. The fourth-order valence-corrected chi connectivity index (χ4v) is 3.34. The van der Waals surface area contributed by atoms with E-state index in [1.807, 2.05) is 18.2 Å². The van der Waals surface area contributed by atoms with E-state index in [0.29, 0.717) is 11.1 Å². The van der Waals surface area contributed by atoms with Gasteiger partial charge in [-0.1, -0.05) is 34.1 Å². The number of carbonyl (C=O) groups excluding carboxylic acids is 2. The minimum Gasteiger partial charge on any atom is -0.289 e. The lowest BCUT2D eigenvalue weighted by Crippen LogP contribution is -2.08. The SMILES string of the molecule is O=C1PC(=O)c2ccc(Br)c3cccc1c23. The lowest BCUT2D eigenvalue weighted by atomic mass is 10.00. The summed E-state index contributed by atoms with van der Waals surface area (Å²) >= 11 is 3.44. The van der Waals surface area contributed by atoms with Crippen LogP contribution >= 0.6 is 24.5 Å². The van der Waals surface area contributed by atoms with Gasteiger partial charge in [0.15, 0.2) is 11.0 Å².